The van der Waals surface area contributed by atoms with Crippen LogP contribution in [0.4, 0.5) is 5.69 Å². The molecule has 144 valence electrons. The maximum Gasteiger partial charge on any atom is 0.262 e. The van der Waals surface area contributed by atoms with E-state index in [0.717, 1.165) is 29.7 Å². The molecular formula is C19H16ClN3O4S. The van der Waals surface area contributed by atoms with Gasteiger partial charge < -0.3 is 14.8 Å². The van der Waals surface area contributed by atoms with Crippen LogP contribution < -0.4 is 20.3 Å². The summed E-state index contributed by atoms with van der Waals surface area (Å²) < 4.78 is 12.3. The largest absolute Gasteiger partial charge is 0.486 e. The number of fused-ring (bicyclic) bond motifs is 4. The number of hydrogen-bond acceptors (Lipinski definition) is 6. The molecule has 3 heterocycles. The smallest absolute Gasteiger partial charge is 0.262 e. The minimum absolute atomic E-state index is 0.142. The second kappa shape index (κ2) is 6.79. The molecule has 1 aliphatic heterocycles. The van der Waals surface area contributed by atoms with Crippen molar-refractivity contribution in [1.82, 2.24) is 9.55 Å². The number of aryl methyl sites for hydroxylation is 2. The van der Waals surface area contributed by atoms with Gasteiger partial charge in [0.2, 0.25) is 5.91 Å². The van der Waals surface area contributed by atoms with Gasteiger partial charge in [-0.1, -0.05) is 11.6 Å². The van der Waals surface area contributed by atoms with Gasteiger partial charge in [0.25, 0.3) is 5.56 Å². The zero-order chi connectivity index (χ0) is 19.3. The molecule has 0 radical (unpaired) electrons. The Bertz CT molecular complexity index is 1170. The monoisotopic (exact) mass is 417 g/mol. The normalized spacial score (nSPS) is 14.9. The first-order valence-corrected chi connectivity index (χ1v) is 10.2. The number of hydrogen-bond donors (Lipinski definition) is 1. The highest BCUT2D eigenvalue weighted by Crippen LogP contribution is 2.38. The van der Waals surface area contributed by atoms with Gasteiger partial charge in [0, 0.05) is 17.0 Å². The lowest BCUT2D eigenvalue weighted by Gasteiger charge is -2.20. The van der Waals surface area contributed by atoms with Gasteiger partial charge >= 0.3 is 0 Å². The number of ether oxygens (including phenoxy) is 2. The number of rotatable bonds is 3. The van der Waals surface area contributed by atoms with E-state index in [4.69, 9.17) is 21.1 Å². The molecule has 7 nitrogen and oxygen atoms in total. The molecule has 0 saturated heterocycles. The van der Waals surface area contributed by atoms with Crippen LogP contribution in [0, 0.1) is 0 Å². The number of aromatic nitrogens is 2. The van der Waals surface area contributed by atoms with E-state index in [1.807, 2.05) is 0 Å². The van der Waals surface area contributed by atoms with Crippen molar-refractivity contribution in [2.45, 2.75) is 25.8 Å². The van der Waals surface area contributed by atoms with E-state index in [-0.39, 0.29) is 18.0 Å². The fourth-order valence-corrected chi connectivity index (χ4v) is 5.06. The van der Waals surface area contributed by atoms with Gasteiger partial charge in [0.1, 0.15) is 24.6 Å². The highest BCUT2D eigenvalue weighted by molar-refractivity contribution is 7.18. The van der Waals surface area contributed by atoms with Crippen molar-refractivity contribution in [2.24, 2.45) is 0 Å². The minimum Gasteiger partial charge on any atom is -0.486 e. The van der Waals surface area contributed by atoms with E-state index in [0.29, 0.717) is 40.8 Å². The molecule has 28 heavy (non-hydrogen) atoms. The van der Waals surface area contributed by atoms with Crippen LogP contribution in [0.1, 0.15) is 16.9 Å². The van der Waals surface area contributed by atoms with Gasteiger partial charge in [-0.3, -0.25) is 14.2 Å². The lowest BCUT2D eigenvalue weighted by atomic mass is 10.2. The van der Waals surface area contributed by atoms with Crippen LogP contribution in [-0.4, -0.2) is 28.7 Å². The van der Waals surface area contributed by atoms with Gasteiger partial charge in [-0.25, -0.2) is 4.98 Å². The van der Waals surface area contributed by atoms with E-state index in [1.54, 1.807) is 23.5 Å². The van der Waals surface area contributed by atoms with Crippen molar-refractivity contribution in [3.8, 4) is 11.5 Å². The van der Waals surface area contributed by atoms with Crippen LogP contribution in [-0.2, 0) is 24.2 Å². The molecule has 2 aliphatic rings. The van der Waals surface area contributed by atoms with E-state index < -0.39 is 0 Å². The Balaban J connectivity index is 1.40. The van der Waals surface area contributed by atoms with Gasteiger partial charge in [0.05, 0.1) is 22.4 Å². The number of carbonyl (C=O) groups excluding carboxylic acids is 1. The number of amides is 1. The van der Waals surface area contributed by atoms with Gasteiger partial charge in [-0.15, -0.1) is 11.3 Å². The number of nitrogens with zero attached hydrogens (tertiary/aromatic N) is 2. The maximum absolute atomic E-state index is 12.9. The number of halogens is 1. The van der Waals surface area contributed by atoms with Gasteiger partial charge in [-0.2, -0.15) is 0 Å². The molecule has 1 aliphatic carbocycles. The predicted octanol–water partition coefficient (Wildman–Crippen LogP) is 3.01. The number of carbonyl (C=O) groups is 1. The molecule has 5 rings (SSSR count). The summed E-state index contributed by atoms with van der Waals surface area (Å²) in [6, 6.07) is 3.24. The van der Waals surface area contributed by atoms with Crippen molar-refractivity contribution < 1.29 is 14.3 Å². The zero-order valence-corrected chi connectivity index (χ0v) is 16.4. The van der Waals surface area contributed by atoms with E-state index in [2.05, 4.69) is 10.3 Å². The summed E-state index contributed by atoms with van der Waals surface area (Å²) in [7, 11) is 0. The molecule has 1 amide bonds. The van der Waals surface area contributed by atoms with E-state index in [9.17, 15) is 9.59 Å². The van der Waals surface area contributed by atoms with Crippen molar-refractivity contribution in [3.63, 3.8) is 0 Å². The van der Waals surface area contributed by atoms with Crippen LogP contribution in [0.15, 0.2) is 23.3 Å². The average Bonchev–Trinajstić information content (AvgIpc) is 3.26. The molecular weight excluding hydrogens is 402 g/mol. The Kier molecular flexibility index (Phi) is 4.25. The van der Waals surface area contributed by atoms with Crippen LogP contribution in [0.25, 0.3) is 10.2 Å². The van der Waals surface area contributed by atoms with Crippen molar-refractivity contribution in [2.75, 3.05) is 18.5 Å². The van der Waals surface area contributed by atoms with Crippen LogP contribution in [0.2, 0.25) is 5.02 Å². The second-order valence-corrected chi connectivity index (χ2v) is 8.23. The fraction of sp³-hybridized carbons (Fsp3) is 0.316. The summed E-state index contributed by atoms with van der Waals surface area (Å²) in [6.45, 7) is 0.755. The van der Waals surface area contributed by atoms with Crippen molar-refractivity contribution in [1.29, 1.82) is 0 Å². The Hall–Kier alpha value is -2.58. The van der Waals surface area contributed by atoms with Crippen LogP contribution in [0.3, 0.4) is 0 Å². The first kappa shape index (κ1) is 17.5. The molecule has 1 aromatic carbocycles. The molecule has 2 aromatic heterocycles. The third-order valence-corrected chi connectivity index (χ3v) is 6.42. The Morgan fingerprint density at radius 1 is 1.25 bits per heavy atom. The first-order chi connectivity index (χ1) is 13.6. The SMILES string of the molecule is O=C(Cn1cnc2sc3c(c2c1=O)CCC3)Nc1cc2c(cc1Cl)OCCO2. The summed E-state index contributed by atoms with van der Waals surface area (Å²) in [5, 5.41) is 3.74. The van der Waals surface area contributed by atoms with Gasteiger partial charge in [-0.05, 0) is 24.8 Å². The minimum atomic E-state index is -0.367. The molecule has 0 bridgehead atoms. The zero-order valence-electron chi connectivity index (χ0n) is 14.8. The quantitative estimate of drug-likeness (QED) is 0.708. The Morgan fingerprint density at radius 3 is 2.86 bits per heavy atom. The van der Waals surface area contributed by atoms with Crippen molar-refractivity contribution in [3.05, 3.63) is 44.3 Å². The standard InChI is InChI=1S/C19H16ClN3O4S/c20-11-6-13-14(27-5-4-26-13)7-12(11)22-16(24)8-23-9-21-18-17(19(23)25)10-2-1-3-15(10)28-18/h6-7,9H,1-5,8H2,(H,22,24). The molecule has 0 saturated carbocycles. The average molecular weight is 418 g/mol. The van der Waals surface area contributed by atoms with Crippen LogP contribution >= 0.6 is 22.9 Å². The fourth-order valence-electron chi connectivity index (χ4n) is 3.64. The molecule has 1 N–H and O–H groups in total. The lowest BCUT2D eigenvalue weighted by Crippen LogP contribution is -2.28. The summed E-state index contributed by atoms with van der Waals surface area (Å²) >= 11 is 7.81. The second-order valence-electron chi connectivity index (χ2n) is 6.74. The van der Waals surface area contributed by atoms with Gasteiger partial charge in [0.15, 0.2) is 11.5 Å². The molecule has 3 aromatic rings. The van der Waals surface area contributed by atoms with Crippen molar-refractivity contribution >= 4 is 44.7 Å². The summed E-state index contributed by atoms with van der Waals surface area (Å²) in [5.74, 6) is 0.708. The lowest BCUT2D eigenvalue weighted by molar-refractivity contribution is -0.116. The third-order valence-electron chi connectivity index (χ3n) is 4.91. The Labute approximate surface area is 168 Å². The van der Waals surface area contributed by atoms with E-state index >= 15 is 0 Å². The predicted molar refractivity (Wildman–Crippen MR) is 107 cm³/mol. The number of thiophene rings is 1. The summed E-state index contributed by atoms with van der Waals surface area (Å²) in [4.78, 5) is 31.8. The maximum atomic E-state index is 12.9. The molecule has 0 atom stereocenters. The number of anilines is 1. The molecule has 0 fully saturated rings. The number of benzene rings is 1. The molecule has 0 unspecified atom stereocenters. The molecule has 9 heteroatoms. The van der Waals surface area contributed by atoms with E-state index in [1.165, 1.54) is 15.8 Å². The topological polar surface area (TPSA) is 82.5 Å². The van der Waals surface area contributed by atoms with Crippen LogP contribution in [0.5, 0.6) is 11.5 Å². The number of nitrogens with one attached hydrogen (secondary N) is 1. The summed E-state index contributed by atoms with van der Waals surface area (Å²) in [6.07, 6.45) is 4.39. The Morgan fingerprint density at radius 2 is 2.04 bits per heavy atom. The third kappa shape index (κ3) is 2.93. The highest BCUT2D eigenvalue weighted by atomic mass is 35.5. The first-order valence-electron chi connectivity index (χ1n) is 8.99. The highest BCUT2D eigenvalue weighted by Gasteiger charge is 2.22. The molecule has 0 spiro atoms. The summed E-state index contributed by atoms with van der Waals surface area (Å²) in [5.41, 5.74) is 1.34.